The Bertz CT molecular complexity index is 1340. The Morgan fingerprint density at radius 2 is 1.64 bits per heavy atom. The minimum absolute atomic E-state index is 0.0365. The Kier molecular flexibility index (Phi) is 7.86. The van der Waals surface area contributed by atoms with E-state index in [0.29, 0.717) is 10.6 Å². The third kappa shape index (κ3) is 5.66. The van der Waals surface area contributed by atoms with Gasteiger partial charge in [0.25, 0.3) is 5.91 Å². The van der Waals surface area contributed by atoms with Crippen LogP contribution in [0, 0.1) is 11.6 Å². The molecule has 0 radical (unpaired) electrons. The van der Waals surface area contributed by atoms with Crippen LogP contribution in [0.15, 0.2) is 88.9 Å². The van der Waals surface area contributed by atoms with E-state index in [1.807, 2.05) is 0 Å². The molecule has 184 valence electrons. The molecule has 0 bridgehead atoms. The number of para-hydroxylation sites is 1. The molecule has 2 N–H and O–H groups in total. The lowest BCUT2D eigenvalue weighted by atomic mass is 10.0. The summed E-state index contributed by atoms with van der Waals surface area (Å²) in [4.78, 5) is 40.5. The number of carbonyl (C=O) groups excluding carboxylic acids is 3. The number of halogens is 2. The molecule has 0 aliphatic rings. The van der Waals surface area contributed by atoms with Gasteiger partial charge in [-0.3, -0.25) is 19.3 Å². The first kappa shape index (κ1) is 24.8. The van der Waals surface area contributed by atoms with Crippen LogP contribution in [0.3, 0.4) is 0 Å². The molecule has 0 fully saturated rings. The highest BCUT2D eigenvalue weighted by Crippen LogP contribution is 2.31. The van der Waals surface area contributed by atoms with Gasteiger partial charge in [0.15, 0.2) is 0 Å². The lowest BCUT2D eigenvalue weighted by Gasteiger charge is -2.32. The van der Waals surface area contributed by atoms with Crippen LogP contribution >= 0.6 is 11.3 Å². The number of rotatable bonds is 9. The smallest absolute Gasteiger partial charge is 0.261 e. The van der Waals surface area contributed by atoms with E-state index in [9.17, 15) is 23.2 Å². The molecule has 7 nitrogen and oxygen atoms in total. The van der Waals surface area contributed by atoms with Crippen LogP contribution in [0.1, 0.15) is 27.0 Å². The average Bonchev–Trinajstić information content (AvgIpc) is 3.60. The van der Waals surface area contributed by atoms with E-state index in [-0.39, 0.29) is 17.8 Å². The lowest BCUT2D eigenvalue weighted by Crippen LogP contribution is -2.48. The zero-order valence-electron chi connectivity index (χ0n) is 18.8. The van der Waals surface area contributed by atoms with Gasteiger partial charge in [-0.05, 0) is 41.8 Å². The van der Waals surface area contributed by atoms with Crippen molar-refractivity contribution in [1.82, 2.24) is 10.6 Å². The van der Waals surface area contributed by atoms with Crippen molar-refractivity contribution in [2.45, 2.75) is 12.6 Å². The Balaban J connectivity index is 1.70. The van der Waals surface area contributed by atoms with E-state index in [0.717, 1.165) is 17.0 Å². The molecule has 10 heteroatoms. The first-order valence-corrected chi connectivity index (χ1v) is 11.8. The number of anilines is 1. The second-order valence-electron chi connectivity index (χ2n) is 7.60. The number of benzene rings is 2. The maximum Gasteiger partial charge on any atom is 0.261 e. The van der Waals surface area contributed by atoms with Crippen LogP contribution in [0.25, 0.3) is 0 Å². The number of nitrogens with zero attached hydrogens (tertiary/aromatic N) is 1. The molecule has 4 aromatic rings. The maximum absolute atomic E-state index is 15.0. The lowest BCUT2D eigenvalue weighted by molar-refractivity contribution is -0.126. The summed E-state index contributed by atoms with van der Waals surface area (Å²) in [5.74, 6) is -3.20. The third-order valence-electron chi connectivity index (χ3n) is 5.25. The van der Waals surface area contributed by atoms with Gasteiger partial charge in [-0.25, -0.2) is 8.78 Å². The Hall–Kier alpha value is -4.31. The average molecular weight is 510 g/mol. The van der Waals surface area contributed by atoms with Crippen molar-refractivity contribution < 1.29 is 27.6 Å². The fraction of sp³-hybridized carbons (Fsp3) is 0.115. The largest absolute Gasteiger partial charge is 0.467 e. The summed E-state index contributed by atoms with van der Waals surface area (Å²) >= 11 is 1.19. The molecule has 1 atom stereocenters. The van der Waals surface area contributed by atoms with Crippen molar-refractivity contribution in [3.8, 4) is 0 Å². The minimum Gasteiger partial charge on any atom is -0.467 e. The van der Waals surface area contributed by atoms with Gasteiger partial charge >= 0.3 is 0 Å². The molecule has 0 saturated heterocycles. The summed E-state index contributed by atoms with van der Waals surface area (Å²) in [6.07, 6.45) is 1.43. The summed E-state index contributed by atoms with van der Waals surface area (Å²) in [6, 6.07) is 15.7. The van der Waals surface area contributed by atoms with Crippen molar-refractivity contribution >= 4 is 34.7 Å². The molecule has 2 heterocycles. The Morgan fingerprint density at radius 1 is 0.889 bits per heavy atom. The van der Waals surface area contributed by atoms with Gasteiger partial charge in [0.1, 0.15) is 23.4 Å². The van der Waals surface area contributed by atoms with Crippen LogP contribution in [0.2, 0.25) is 0 Å². The zero-order chi connectivity index (χ0) is 25.5. The van der Waals surface area contributed by atoms with Gasteiger partial charge in [0.2, 0.25) is 11.8 Å². The quantitative estimate of drug-likeness (QED) is 0.349. The van der Waals surface area contributed by atoms with Gasteiger partial charge in [-0.15, -0.1) is 11.3 Å². The molecule has 3 amide bonds. The molecule has 0 aliphatic heterocycles. The van der Waals surface area contributed by atoms with E-state index in [2.05, 4.69) is 10.6 Å². The molecular weight excluding hydrogens is 488 g/mol. The SMILES string of the molecule is O=C(NCC(=O)N(c1ccccc1F)[C@H](C(=O)NCc1ccco1)c1ccccc1F)c1cccs1. The van der Waals surface area contributed by atoms with Crippen molar-refractivity contribution in [2.24, 2.45) is 0 Å². The number of hydrogen-bond donors (Lipinski definition) is 2. The molecule has 0 unspecified atom stereocenters. The molecule has 0 saturated carbocycles. The molecule has 2 aromatic heterocycles. The second kappa shape index (κ2) is 11.4. The Morgan fingerprint density at radius 3 is 2.31 bits per heavy atom. The summed E-state index contributed by atoms with van der Waals surface area (Å²) < 4.78 is 35.1. The number of hydrogen-bond acceptors (Lipinski definition) is 5. The first-order chi connectivity index (χ1) is 17.5. The zero-order valence-corrected chi connectivity index (χ0v) is 19.6. The van der Waals surface area contributed by atoms with Gasteiger partial charge in [0.05, 0.1) is 29.9 Å². The highest BCUT2D eigenvalue weighted by atomic mass is 32.1. The van der Waals surface area contributed by atoms with Gasteiger partial charge < -0.3 is 15.1 Å². The van der Waals surface area contributed by atoms with Gasteiger partial charge in [-0.1, -0.05) is 36.4 Å². The van der Waals surface area contributed by atoms with E-state index < -0.39 is 41.9 Å². The maximum atomic E-state index is 15.0. The van der Waals surface area contributed by atoms with Crippen molar-refractivity contribution in [3.05, 3.63) is 112 Å². The van der Waals surface area contributed by atoms with Crippen molar-refractivity contribution in [2.75, 3.05) is 11.4 Å². The van der Waals surface area contributed by atoms with E-state index in [1.54, 1.807) is 29.6 Å². The summed E-state index contributed by atoms with van der Waals surface area (Å²) in [7, 11) is 0. The molecule has 4 rings (SSSR count). The monoisotopic (exact) mass is 509 g/mol. The standard InChI is InChI=1S/C26H21F2N3O4S/c27-19-9-2-1-8-18(19)24(26(34)29-15-17-7-5-13-35-17)31(21-11-4-3-10-20(21)28)23(32)16-30-25(33)22-12-6-14-36-22/h1-14,24H,15-16H2,(H,29,34)(H,30,33)/t24-/m0/s1. The first-order valence-electron chi connectivity index (χ1n) is 10.9. The normalized spacial score (nSPS) is 11.5. The number of nitrogens with one attached hydrogen (secondary N) is 2. The molecule has 0 spiro atoms. The van der Waals surface area contributed by atoms with Crippen LogP contribution in [-0.4, -0.2) is 24.3 Å². The molecule has 36 heavy (non-hydrogen) atoms. The fourth-order valence-electron chi connectivity index (χ4n) is 3.58. The highest BCUT2D eigenvalue weighted by Gasteiger charge is 2.36. The molecule has 0 aliphatic carbocycles. The molecule has 2 aromatic carbocycles. The predicted octanol–water partition coefficient (Wildman–Crippen LogP) is 4.44. The van der Waals surface area contributed by atoms with Gasteiger partial charge in [0, 0.05) is 5.56 Å². The van der Waals surface area contributed by atoms with Crippen LogP contribution < -0.4 is 15.5 Å². The van der Waals surface area contributed by atoms with Crippen molar-refractivity contribution in [3.63, 3.8) is 0 Å². The number of carbonyl (C=O) groups is 3. The number of furan rings is 1. The fourth-order valence-corrected chi connectivity index (χ4v) is 4.22. The summed E-state index contributed by atoms with van der Waals surface area (Å²) in [5.41, 5.74) is -0.384. The van der Waals surface area contributed by atoms with Crippen LogP contribution in [-0.2, 0) is 16.1 Å². The van der Waals surface area contributed by atoms with Crippen molar-refractivity contribution in [1.29, 1.82) is 0 Å². The minimum atomic E-state index is -1.58. The van der Waals surface area contributed by atoms with Crippen LogP contribution in [0.4, 0.5) is 14.5 Å². The predicted molar refractivity (Wildman–Crippen MR) is 130 cm³/mol. The Labute approximate surface area is 209 Å². The van der Waals surface area contributed by atoms with E-state index >= 15 is 0 Å². The second-order valence-corrected chi connectivity index (χ2v) is 8.54. The van der Waals surface area contributed by atoms with E-state index in [1.165, 1.54) is 54.0 Å². The topological polar surface area (TPSA) is 91.7 Å². The van der Waals surface area contributed by atoms with Gasteiger partial charge in [-0.2, -0.15) is 0 Å². The molecular formula is C26H21F2N3O4S. The van der Waals surface area contributed by atoms with Crippen LogP contribution in [0.5, 0.6) is 0 Å². The van der Waals surface area contributed by atoms with E-state index in [4.69, 9.17) is 4.42 Å². The number of amides is 3. The third-order valence-corrected chi connectivity index (χ3v) is 6.12. The summed E-state index contributed by atoms with van der Waals surface area (Å²) in [5, 5.41) is 6.82. The summed E-state index contributed by atoms with van der Waals surface area (Å²) in [6.45, 7) is -0.591. The highest BCUT2D eigenvalue weighted by molar-refractivity contribution is 7.12. The number of thiophene rings is 1.